The Kier molecular flexibility index (Phi) is 28.0. The molecule has 0 saturated carbocycles. The predicted octanol–water partition coefficient (Wildman–Crippen LogP) is 5.66. The molecule has 0 unspecified atom stereocenters. The molecule has 4 aromatic heterocycles. The van der Waals surface area contributed by atoms with Crippen LogP contribution < -0.4 is 0 Å². The summed E-state index contributed by atoms with van der Waals surface area (Å²) in [5.74, 6) is 0. The van der Waals surface area contributed by atoms with Gasteiger partial charge in [0.2, 0.25) is 0 Å². The number of rotatable bonds is 0. The molecule has 0 aliphatic heterocycles. The quantitative estimate of drug-likeness (QED) is 0.0932. The molecule has 0 spiro atoms. The summed E-state index contributed by atoms with van der Waals surface area (Å²) in [7, 11) is -12.2. The summed E-state index contributed by atoms with van der Waals surface area (Å²) >= 11 is 0. The number of hydrogen-bond donors (Lipinski definition) is 0. The van der Waals surface area contributed by atoms with Crippen LogP contribution in [0.2, 0.25) is 0 Å². The molecule has 4 heterocycles. The Morgan fingerprint density at radius 1 is 0.457 bits per heavy atom. The van der Waals surface area contributed by atoms with Crippen molar-refractivity contribution >= 4 is 20.2 Å². The van der Waals surface area contributed by atoms with Gasteiger partial charge >= 0.3 is 55.8 Å². The molecule has 0 saturated heterocycles. The molecule has 0 bridgehead atoms. The topological polar surface area (TPSA) is 166 Å². The van der Waals surface area contributed by atoms with E-state index in [-0.39, 0.29) is 44.8 Å². The van der Waals surface area contributed by atoms with Crippen LogP contribution in [-0.4, -0.2) is 56.9 Å². The standard InChI is InChI=1S/4C6H7N.2CHF3O3S.2Ag/c4*1-6-4-2-3-5-7-6;2*2-1(3,4)8(5,6)7;;/h4*2-5H,1H3;2*(H,5,6,7);;/q;;;;;;2*+1/p-2. The van der Waals surface area contributed by atoms with Crippen molar-refractivity contribution in [1.29, 1.82) is 0 Å². The molecule has 0 radical (unpaired) electrons. The minimum atomic E-state index is -6.09. The second-order valence-electron chi connectivity index (χ2n) is 7.68. The molecule has 0 aliphatic carbocycles. The van der Waals surface area contributed by atoms with Gasteiger partial charge in [0, 0.05) is 47.6 Å². The first-order valence-corrected chi connectivity index (χ1v) is 14.4. The maximum Gasteiger partial charge on any atom is 1.00 e. The smallest absolute Gasteiger partial charge is 0.741 e. The molecule has 0 aromatic carbocycles. The number of pyridine rings is 4. The van der Waals surface area contributed by atoms with Crippen molar-refractivity contribution < 1.29 is 97.0 Å². The first-order chi connectivity index (χ1) is 20.1. The van der Waals surface area contributed by atoms with Crippen LogP contribution in [0.3, 0.4) is 0 Å². The summed E-state index contributed by atoms with van der Waals surface area (Å²) in [5.41, 5.74) is -7.00. The fourth-order valence-electron chi connectivity index (χ4n) is 1.79. The van der Waals surface area contributed by atoms with E-state index in [0.29, 0.717) is 0 Å². The van der Waals surface area contributed by atoms with Gasteiger partial charge in [0.05, 0.1) is 0 Å². The zero-order valence-electron chi connectivity index (χ0n) is 24.2. The monoisotopic (exact) mass is 884 g/mol. The fourth-order valence-corrected chi connectivity index (χ4v) is 1.79. The van der Waals surface area contributed by atoms with E-state index in [4.69, 9.17) is 25.9 Å². The summed E-state index contributed by atoms with van der Waals surface area (Å²) in [6.45, 7) is 7.89. The Hall–Kier alpha value is -2.52. The number of hydrogen-bond acceptors (Lipinski definition) is 10. The third-order valence-electron chi connectivity index (χ3n) is 3.82. The van der Waals surface area contributed by atoms with Crippen LogP contribution in [0.15, 0.2) is 97.6 Å². The zero-order chi connectivity index (χ0) is 34.5. The van der Waals surface area contributed by atoms with Crippen LogP contribution in [0.1, 0.15) is 22.8 Å². The second kappa shape index (κ2) is 25.6. The van der Waals surface area contributed by atoms with E-state index in [2.05, 4.69) is 19.9 Å². The molecule has 4 rings (SSSR count). The van der Waals surface area contributed by atoms with E-state index in [1.807, 2.05) is 100 Å². The Balaban J connectivity index is -0.000000228. The van der Waals surface area contributed by atoms with Crippen molar-refractivity contribution in [2.45, 2.75) is 38.7 Å². The Bertz CT molecular complexity index is 1320. The minimum Gasteiger partial charge on any atom is -0.741 e. The van der Waals surface area contributed by atoms with Gasteiger partial charge in [-0.3, -0.25) is 19.9 Å². The molecule has 0 fully saturated rings. The summed E-state index contributed by atoms with van der Waals surface area (Å²) < 4.78 is 118. The molecule has 10 nitrogen and oxygen atoms in total. The van der Waals surface area contributed by atoms with E-state index in [1.54, 1.807) is 24.8 Å². The molecule has 20 heteroatoms. The molecule has 0 amide bonds. The normalized spacial score (nSPS) is 10.2. The van der Waals surface area contributed by atoms with Crippen LogP contribution in [0.25, 0.3) is 0 Å². The van der Waals surface area contributed by atoms with Crippen molar-refractivity contribution in [3.63, 3.8) is 0 Å². The van der Waals surface area contributed by atoms with Crippen LogP contribution in [-0.2, 0) is 65.0 Å². The number of halogens is 6. The van der Waals surface area contributed by atoms with Crippen LogP contribution >= 0.6 is 0 Å². The SMILES string of the molecule is Cc1ccccn1.Cc1ccccn1.Cc1ccccn1.Cc1ccccn1.O=S(=O)([O-])C(F)(F)F.O=S(=O)([O-])C(F)(F)F.[Ag+].[Ag+]. The van der Waals surface area contributed by atoms with Gasteiger partial charge in [0.15, 0.2) is 20.2 Å². The summed E-state index contributed by atoms with van der Waals surface area (Å²) in [4.78, 5) is 15.9. The first kappa shape index (κ1) is 50.3. The molecular weight excluding hydrogens is 858 g/mol. The van der Waals surface area contributed by atoms with E-state index in [1.165, 1.54) is 0 Å². The Morgan fingerprint density at radius 3 is 0.652 bits per heavy atom. The maximum atomic E-state index is 10.7. The van der Waals surface area contributed by atoms with Gasteiger partial charge in [-0.2, -0.15) is 26.3 Å². The zero-order valence-corrected chi connectivity index (χ0v) is 28.8. The summed E-state index contributed by atoms with van der Waals surface area (Å²) in [5, 5.41) is 0. The van der Waals surface area contributed by atoms with Gasteiger partial charge in [0.25, 0.3) is 0 Å². The molecule has 264 valence electrons. The van der Waals surface area contributed by atoms with Crippen LogP contribution in [0, 0.1) is 27.7 Å². The van der Waals surface area contributed by atoms with E-state index in [0.717, 1.165) is 22.8 Å². The average Bonchev–Trinajstić information content (AvgIpc) is 2.90. The molecule has 0 N–H and O–H groups in total. The van der Waals surface area contributed by atoms with Crippen molar-refractivity contribution in [1.82, 2.24) is 19.9 Å². The van der Waals surface area contributed by atoms with Crippen molar-refractivity contribution in [2.24, 2.45) is 0 Å². The third kappa shape index (κ3) is 30.2. The minimum absolute atomic E-state index is 0. The Morgan fingerprint density at radius 2 is 0.609 bits per heavy atom. The maximum absolute atomic E-state index is 10.7. The van der Waals surface area contributed by atoms with Crippen LogP contribution in [0.4, 0.5) is 26.3 Å². The number of aryl methyl sites for hydroxylation is 4. The molecule has 0 aliphatic rings. The van der Waals surface area contributed by atoms with Gasteiger partial charge in [-0.05, 0) is 76.2 Å². The van der Waals surface area contributed by atoms with Gasteiger partial charge in [-0.25, -0.2) is 16.8 Å². The van der Waals surface area contributed by atoms with E-state index < -0.39 is 31.3 Å². The average molecular weight is 886 g/mol. The van der Waals surface area contributed by atoms with Crippen LogP contribution in [0.5, 0.6) is 0 Å². The van der Waals surface area contributed by atoms with Gasteiger partial charge in [-0.1, -0.05) is 24.3 Å². The van der Waals surface area contributed by atoms with E-state index in [9.17, 15) is 26.3 Å². The summed E-state index contributed by atoms with van der Waals surface area (Å²) in [6.07, 6.45) is 7.15. The predicted molar refractivity (Wildman–Crippen MR) is 147 cm³/mol. The third-order valence-corrected chi connectivity index (χ3v) is 4.95. The summed E-state index contributed by atoms with van der Waals surface area (Å²) in [6, 6.07) is 23.4. The fraction of sp³-hybridized carbons (Fsp3) is 0.231. The van der Waals surface area contributed by atoms with Crippen molar-refractivity contribution in [3.05, 3.63) is 120 Å². The molecule has 0 atom stereocenters. The van der Waals surface area contributed by atoms with E-state index >= 15 is 0 Å². The van der Waals surface area contributed by atoms with Crippen molar-refractivity contribution in [3.8, 4) is 0 Å². The first-order valence-electron chi connectivity index (χ1n) is 11.6. The molecule has 4 aromatic rings. The number of nitrogens with zero attached hydrogens (tertiary/aromatic N) is 4. The van der Waals surface area contributed by atoms with Gasteiger partial charge < -0.3 is 9.11 Å². The largest absolute Gasteiger partial charge is 1.00 e. The number of alkyl halides is 6. The van der Waals surface area contributed by atoms with Crippen molar-refractivity contribution in [2.75, 3.05) is 0 Å². The van der Waals surface area contributed by atoms with Gasteiger partial charge in [0.1, 0.15) is 0 Å². The molecular formula is C26H28Ag2F6N4O6S2. The number of aromatic nitrogens is 4. The second-order valence-corrected chi connectivity index (χ2v) is 10.4. The Labute approximate surface area is 294 Å². The molecule has 46 heavy (non-hydrogen) atoms. The van der Waals surface area contributed by atoms with Gasteiger partial charge in [-0.15, -0.1) is 0 Å².